The van der Waals surface area contributed by atoms with Crippen molar-refractivity contribution in [1.29, 1.82) is 5.26 Å². The molecular formula is C14H18N2. The molecule has 0 amide bonds. The average Bonchev–Trinajstić information content (AvgIpc) is 2.39. The summed E-state index contributed by atoms with van der Waals surface area (Å²) in [6, 6.07) is 13.3. The van der Waals surface area contributed by atoms with Crippen LogP contribution >= 0.6 is 0 Å². The maximum absolute atomic E-state index is 9.17. The predicted molar refractivity (Wildman–Crippen MR) is 64.8 cm³/mol. The summed E-state index contributed by atoms with van der Waals surface area (Å²) in [4.78, 5) is 2.33. The Balaban J connectivity index is 2.14. The largest absolute Gasteiger partial charge is 0.281 e. The first-order valence-electron chi connectivity index (χ1n) is 6.03. The zero-order valence-electron chi connectivity index (χ0n) is 9.76. The van der Waals surface area contributed by atoms with Gasteiger partial charge in [0.05, 0.1) is 12.1 Å². The lowest BCUT2D eigenvalue weighted by Gasteiger charge is -2.36. The van der Waals surface area contributed by atoms with Crippen LogP contribution < -0.4 is 0 Å². The summed E-state index contributed by atoms with van der Waals surface area (Å²) < 4.78 is 0. The maximum atomic E-state index is 9.17. The fourth-order valence-corrected chi connectivity index (χ4v) is 2.48. The van der Waals surface area contributed by atoms with Gasteiger partial charge >= 0.3 is 0 Å². The van der Waals surface area contributed by atoms with Crippen molar-refractivity contribution in [2.24, 2.45) is 0 Å². The van der Waals surface area contributed by atoms with Crippen LogP contribution in [0.3, 0.4) is 0 Å². The summed E-state index contributed by atoms with van der Waals surface area (Å²) in [5, 5.41) is 9.17. The first kappa shape index (κ1) is 11.2. The molecule has 0 saturated carbocycles. The summed E-state index contributed by atoms with van der Waals surface area (Å²) in [5.41, 5.74) is 1.31. The topological polar surface area (TPSA) is 27.0 Å². The van der Waals surface area contributed by atoms with Crippen molar-refractivity contribution in [3.63, 3.8) is 0 Å². The second-order valence-corrected chi connectivity index (χ2v) is 4.47. The third kappa shape index (κ3) is 2.25. The number of benzene rings is 1. The minimum atomic E-state index is 0.101. The number of hydrogen-bond donors (Lipinski definition) is 0. The Kier molecular flexibility index (Phi) is 3.58. The highest BCUT2D eigenvalue weighted by molar-refractivity contribution is 5.19. The molecule has 1 saturated heterocycles. The molecule has 1 aromatic carbocycles. The molecule has 2 nitrogen and oxygen atoms in total. The summed E-state index contributed by atoms with van der Waals surface area (Å²) >= 11 is 0. The fraction of sp³-hybridized carbons (Fsp3) is 0.500. The molecule has 0 unspecified atom stereocenters. The van der Waals surface area contributed by atoms with E-state index in [2.05, 4.69) is 42.2 Å². The average molecular weight is 214 g/mol. The molecule has 1 fully saturated rings. The monoisotopic (exact) mass is 214 g/mol. The number of piperidine rings is 1. The molecule has 0 spiro atoms. The molecule has 1 aliphatic heterocycles. The number of hydrogen-bond acceptors (Lipinski definition) is 2. The van der Waals surface area contributed by atoms with Gasteiger partial charge in [-0.2, -0.15) is 5.26 Å². The van der Waals surface area contributed by atoms with Crippen LogP contribution in [0.4, 0.5) is 0 Å². The smallest absolute Gasteiger partial charge is 0.0982 e. The van der Waals surface area contributed by atoms with E-state index in [9.17, 15) is 0 Å². The molecule has 0 N–H and O–H groups in total. The second-order valence-electron chi connectivity index (χ2n) is 4.47. The summed E-state index contributed by atoms with van der Waals surface area (Å²) in [6.07, 6.45) is 3.43. The molecule has 0 radical (unpaired) electrons. The van der Waals surface area contributed by atoms with E-state index in [-0.39, 0.29) is 6.04 Å². The molecule has 2 heteroatoms. The van der Waals surface area contributed by atoms with Crippen molar-refractivity contribution >= 4 is 0 Å². The minimum absolute atomic E-state index is 0.101. The van der Waals surface area contributed by atoms with Gasteiger partial charge < -0.3 is 0 Å². The van der Waals surface area contributed by atoms with Gasteiger partial charge in [0.1, 0.15) is 0 Å². The molecule has 84 valence electrons. The summed E-state index contributed by atoms with van der Waals surface area (Å²) in [7, 11) is 0. The van der Waals surface area contributed by atoms with Gasteiger partial charge in [-0.15, -0.1) is 0 Å². The van der Waals surface area contributed by atoms with Gasteiger partial charge in [-0.05, 0) is 31.7 Å². The number of rotatable bonds is 2. The molecule has 1 heterocycles. The zero-order chi connectivity index (χ0) is 11.4. The first-order chi connectivity index (χ1) is 7.83. The first-order valence-corrected chi connectivity index (χ1v) is 6.03. The lowest BCUT2D eigenvalue weighted by Crippen LogP contribution is -2.40. The normalized spacial score (nSPS) is 23.6. The molecule has 1 aromatic rings. The van der Waals surface area contributed by atoms with Crippen LogP contribution in [-0.4, -0.2) is 17.5 Å². The van der Waals surface area contributed by atoms with Crippen molar-refractivity contribution in [2.75, 3.05) is 6.54 Å². The highest BCUT2D eigenvalue weighted by Crippen LogP contribution is 2.27. The van der Waals surface area contributed by atoms with Gasteiger partial charge in [-0.3, -0.25) is 4.90 Å². The molecular weight excluding hydrogens is 196 g/mol. The molecule has 1 aliphatic rings. The van der Waals surface area contributed by atoms with E-state index in [0.717, 1.165) is 13.0 Å². The van der Waals surface area contributed by atoms with Gasteiger partial charge in [0.2, 0.25) is 0 Å². The maximum Gasteiger partial charge on any atom is 0.0982 e. The van der Waals surface area contributed by atoms with E-state index in [1.807, 2.05) is 6.07 Å². The van der Waals surface area contributed by atoms with Crippen molar-refractivity contribution in [1.82, 2.24) is 4.90 Å². The van der Waals surface area contributed by atoms with Crippen LogP contribution in [0, 0.1) is 11.3 Å². The van der Waals surface area contributed by atoms with E-state index < -0.39 is 0 Å². The SMILES string of the molecule is C[C@H](c1ccccc1)N1CCCC[C@@H]1C#N. The molecule has 0 aromatic heterocycles. The Labute approximate surface area is 97.5 Å². The van der Waals surface area contributed by atoms with E-state index in [1.54, 1.807) is 0 Å². The van der Waals surface area contributed by atoms with Crippen LogP contribution in [0.5, 0.6) is 0 Å². The van der Waals surface area contributed by atoms with Gasteiger partial charge in [0, 0.05) is 12.6 Å². The van der Waals surface area contributed by atoms with Crippen LogP contribution in [0.1, 0.15) is 37.8 Å². The molecule has 0 aliphatic carbocycles. The van der Waals surface area contributed by atoms with Crippen molar-refractivity contribution in [2.45, 2.75) is 38.3 Å². The Hall–Kier alpha value is -1.33. The highest BCUT2D eigenvalue weighted by atomic mass is 15.2. The van der Waals surface area contributed by atoms with Crippen LogP contribution in [0.15, 0.2) is 30.3 Å². The van der Waals surface area contributed by atoms with Crippen LogP contribution in [0.2, 0.25) is 0 Å². The molecule has 2 atom stereocenters. The Morgan fingerprint density at radius 2 is 2.06 bits per heavy atom. The molecule has 0 bridgehead atoms. The Morgan fingerprint density at radius 1 is 1.31 bits per heavy atom. The van der Waals surface area contributed by atoms with E-state index >= 15 is 0 Å². The Morgan fingerprint density at radius 3 is 2.75 bits per heavy atom. The number of nitrogens with zero attached hydrogens (tertiary/aromatic N) is 2. The van der Waals surface area contributed by atoms with Crippen molar-refractivity contribution in [3.05, 3.63) is 35.9 Å². The highest BCUT2D eigenvalue weighted by Gasteiger charge is 2.26. The summed E-state index contributed by atoms with van der Waals surface area (Å²) in [6.45, 7) is 3.25. The second kappa shape index (κ2) is 5.14. The van der Waals surface area contributed by atoms with Gasteiger partial charge in [0.25, 0.3) is 0 Å². The third-order valence-corrected chi connectivity index (χ3v) is 3.47. The lowest BCUT2D eigenvalue weighted by atomic mass is 9.98. The van der Waals surface area contributed by atoms with E-state index in [4.69, 9.17) is 5.26 Å². The fourth-order valence-electron chi connectivity index (χ4n) is 2.48. The molecule has 16 heavy (non-hydrogen) atoms. The van der Waals surface area contributed by atoms with Crippen molar-refractivity contribution in [3.8, 4) is 6.07 Å². The van der Waals surface area contributed by atoms with Gasteiger partial charge in [-0.1, -0.05) is 30.3 Å². The van der Waals surface area contributed by atoms with E-state index in [1.165, 1.54) is 18.4 Å². The summed E-state index contributed by atoms with van der Waals surface area (Å²) in [5.74, 6) is 0. The predicted octanol–water partition coefficient (Wildman–Crippen LogP) is 3.13. The van der Waals surface area contributed by atoms with Gasteiger partial charge in [-0.25, -0.2) is 0 Å². The number of nitriles is 1. The van der Waals surface area contributed by atoms with Gasteiger partial charge in [0.15, 0.2) is 0 Å². The van der Waals surface area contributed by atoms with Crippen LogP contribution in [0.25, 0.3) is 0 Å². The quantitative estimate of drug-likeness (QED) is 0.756. The third-order valence-electron chi connectivity index (χ3n) is 3.47. The number of likely N-dealkylation sites (tertiary alicyclic amines) is 1. The standard InChI is InChI=1S/C14H18N2/c1-12(13-7-3-2-4-8-13)16-10-6-5-9-14(16)11-15/h2-4,7-8,12,14H,5-6,9-10H2,1H3/t12-,14-/m1/s1. The van der Waals surface area contributed by atoms with Crippen LogP contribution in [-0.2, 0) is 0 Å². The zero-order valence-corrected chi connectivity index (χ0v) is 9.76. The van der Waals surface area contributed by atoms with E-state index in [0.29, 0.717) is 6.04 Å². The Bertz CT molecular complexity index is 366. The lowest BCUT2D eigenvalue weighted by molar-refractivity contribution is 0.135. The molecule has 2 rings (SSSR count). The minimum Gasteiger partial charge on any atom is -0.281 e. The van der Waals surface area contributed by atoms with Crippen molar-refractivity contribution < 1.29 is 0 Å².